The predicted octanol–water partition coefficient (Wildman–Crippen LogP) is 7.66. The molecule has 3 aliphatic carbocycles. The zero-order valence-electron chi connectivity index (χ0n) is 22.2. The van der Waals surface area contributed by atoms with Crippen LogP contribution in [0.15, 0.2) is 35.5 Å². The van der Waals surface area contributed by atoms with Crippen LogP contribution >= 0.6 is 0 Å². The van der Waals surface area contributed by atoms with Crippen molar-refractivity contribution in [3.63, 3.8) is 0 Å². The quantitative estimate of drug-likeness (QED) is 0.268. The predicted molar refractivity (Wildman–Crippen MR) is 137 cm³/mol. The first-order valence-electron chi connectivity index (χ1n) is 13.3. The van der Waals surface area contributed by atoms with Crippen LogP contribution in [0.4, 0.5) is 0 Å². The summed E-state index contributed by atoms with van der Waals surface area (Å²) in [6.45, 7) is 17.8. The lowest BCUT2D eigenvalue weighted by atomic mass is 9.44. The van der Waals surface area contributed by atoms with E-state index in [1.54, 1.807) is 12.5 Å². The fraction of sp³-hybridized carbons (Fsp3) is 0.733. The van der Waals surface area contributed by atoms with E-state index in [2.05, 4.69) is 47.3 Å². The van der Waals surface area contributed by atoms with Crippen LogP contribution in [0.5, 0.6) is 0 Å². The van der Waals surface area contributed by atoms with Gasteiger partial charge in [-0.05, 0) is 105 Å². The van der Waals surface area contributed by atoms with E-state index in [1.807, 2.05) is 6.08 Å². The monoisotopic (exact) mass is 470 g/mol. The fourth-order valence-corrected chi connectivity index (χ4v) is 8.44. The molecule has 2 fully saturated rings. The molecule has 0 spiro atoms. The maximum absolute atomic E-state index is 11.5. The number of hydrogen-bond donors (Lipinski definition) is 2. The van der Waals surface area contributed by atoms with Crippen LogP contribution in [-0.2, 0) is 9.59 Å². The highest BCUT2D eigenvalue weighted by molar-refractivity contribution is 5.85. The number of rotatable bonds is 9. The van der Waals surface area contributed by atoms with Crippen molar-refractivity contribution in [1.82, 2.24) is 0 Å². The third kappa shape index (κ3) is 4.42. The molecule has 0 saturated heterocycles. The van der Waals surface area contributed by atoms with Crippen molar-refractivity contribution in [2.24, 2.45) is 39.9 Å². The van der Waals surface area contributed by atoms with Crippen LogP contribution in [0.3, 0.4) is 0 Å². The Balaban J connectivity index is 1.87. The molecule has 3 aliphatic rings. The smallest absolute Gasteiger partial charge is 0.330 e. The van der Waals surface area contributed by atoms with Crippen molar-refractivity contribution >= 4 is 11.9 Å². The van der Waals surface area contributed by atoms with Gasteiger partial charge in [0.05, 0.1) is 0 Å². The van der Waals surface area contributed by atoms with Crippen molar-refractivity contribution < 1.29 is 19.8 Å². The average molecular weight is 471 g/mol. The van der Waals surface area contributed by atoms with Crippen molar-refractivity contribution in [3.8, 4) is 0 Å². The first-order chi connectivity index (χ1) is 15.8. The van der Waals surface area contributed by atoms with Gasteiger partial charge in [-0.3, -0.25) is 4.79 Å². The molecule has 2 N–H and O–H groups in total. The molecule has 2 saturated carbocycles. The first kappa shape index (κ1) is 26.8. The van der Waals surface area contributed by atoms with Gasteiger partial charge < -0.3 is 10.2 Å². The number of fused-ring (bicyclic) bond motifs is 3. The molecule has 0 aromatic heterocycles. The van der Waals surface area contributed by atoms with Gasteiger partial charge in [0, 0.05) is 12.0 Å². The Labute approximate surface area is 206 Å². The summed E-state index contributed by atoms with van der Waals surface area (Å²) in [6, 6.07) is 0. The number of allylic oxidation sites excluding steroid dienone is 4. The minimum Gasteiger partial charge on any atom is -0.481 e. The van der Waals surface area contributed by atoms with Crippen LogP contribution in [0.2, 0.25) is 0 Å². The van der Waals surface area contributed by atoms with E-state index < -0.39 is 11.9 Å². The van der Waals surface area contributed by atoms with Crippen molar-refractivity contribution in [2.45, 2.75) is 99.3 Å². The fourth-order valence-electron chi connectivity index (χ4n) is 8.44. The van der Waals surface area contributed by atoms with Gasteiger partial charge in [0.2, 0.25) is 0 Å². The van der Waals surface area contributed by atoms with E-state index >= 15 is 0 Å². The Kier molecular flexibility index (Phi) is 7.60. The topological polar surface area (TPSA) is 74.6 Å². The second kappa shape index (κ2) is 9.66. The number of aliphatic carboxylic acids is 2. The van der Waals surface area contributed by atoms with E-state index in [4.69, 9.17) is 5.11 Å². The van der Waals surface area contributed by atoms with E-state index in [0.29, 0.717) is 35.7 Å². The summed E-state index contributed by atoms with van der Waals surface area (Å²) >= 11 is 0. The molecular formula is C30H46O4. The third-order valence-electron chi connectivity index (χ3n) is 10.7. The van der Waals surface area contributed by atoms with Gasteiger partial charge in [-0.25, -0.2) is 4.79 Å². The average Bonchev–Trinajstić information content (AvgIpc) is 3.03. The van der Waals surface area contributed by atoms with Crippen molar-refractivity contribution in [2.75, 3.05) is 0 Å². The van der Waals surface area contributed by atoms with Gasteiger partial charge in [-0.1, -0.05) is 57.6 Å². The maximum Gasteiger partial charge on any atom is 0.330 e. The number of hydrogen-bond acceptors (Lipinski definition) is 2. The Morgan fingerprint density at radius 2 is 1.85 bits per heavy atom. The zero-order valence-corrected chi connectivity index (χ0v) is 22.2. The summed E-state index contributed by atoms with van der Waals surface area (Å²) in [7, 11) is 0. The molecule has 0 aromatic rings. The van der Waals surface area contributed by atoms with E-state index in [1.165, 1.54) is 24.8 Å². The highest BCUT2D eigenvalue weighted by Crippen LogP contribution is 2.71. The molecule has 190 valence electrons. The second-order valence-corrected chi connectivity index (χ2v) is 12.4. The molecule has 7 atom stereocenters. The van der Waals surface area contributed by atoms with E-state index in [-0.39, 0.29) is 22.7 Å². The number of carbonyl (C=O) groups is 2. The molecule has 0 heterocycles. The van der Waals surface area contributed by atoms with Gasteiger partial charge in [0.15, 0.2) is 0 Å². The molecule has 4 heteroatoms. The summed E-state index contributed by atoms with van der Waals surface area (Å²) in [5, 5.41) is 18.6. The Morgan fingerprint density at radius 3 is 2.44 bits per heavy atom. The molecular weight excluding hydrogens is 424 g/mol. The molecule has 0 unspecified atom stereocenters. The molecule has 34 heavy (non-hydrogen) atoms. The van der Waals surface area contributed by atoms with Crippen LogP contribution in [0.25, 0.3) is 0 Å². The molecule has 0 aromatic carbocycles. The van der Waals surface area contributed by atoms with E-state index in [9.17, 15) is 14.7 Å². The standard InChI is InChI=1S/C30H46O4/c1-19(2)22-11-12-25-24(28(22,5)16-15-26(31)32)14-18-29(6)23(13-17-30(25,29)7)20(3)9-8-10-21(4)27(33)34/h10,12,20,22-24H,1,8-9,11,13-18H2,2-7H3,(H,31,32)(H,33,34)/t20-,22-,23-,24-,28-,29-,30+/m0/s1. The zero-order chi connectivity index (χ0) is 25.5. The third-order valence-corrected chi connectivity index (χ3v) is 10.7. The Bertz CT molecular complexity index is 897. The highest BCUT2D eigenvalue weighted by Gasteiger charge is 2.63. The van der Waals surface area contributed by atoms with Gasteiger partial charge >= 0.3 is 11.9 Å². The normalized spacial score (nSPS) is 38.5. The second-order valence-electron chi connectivity index (χ2n) is 12.4. The molecule has 0 aliphatic heterocycles. The summed E-state index contributed by atoms with van der Waals surface area (Å²) < 4.78 is 0. The highest BCUT2D eigenvalue weighted by atomic mass is 16.4. The van der Waals surface area contributed by atoms with Gasteiger partial charge in [-0.2, -0.15) is 0 Å². The summed E-state index contributed by atoms with van der Waals surface area (Å²) in [5.74, 6) is 0.416. The summed E-state index contributed by atoms with van der Waals surface area (Å²) in [6.07, 6.45) is 12.9. The van der Waals surface area contributed by atoms with Gasteiger partial charge in [0.25, 0.3) is 0 Å². The van der Waals surface area contributed by atoms with Gasteiger partial charge in [0.1, 0.15) is 0 Å². The molecule has 4 nitrogen and oxygen atoms in total. The molecule has 0 bridgehead atoms. The Morgan fingerprint density at radius 1 is 1.18 bits per heavy atom. The largest absolute Gasteiger partial charge is 0.481 e. The minimum atomic E-state index is -0.824. The van der Waals surface area contributed by atoms with Gasteiger partial charge in [-0.15, -0.1) is 0 Å². The molecule has 3 rings (SSSR count). The lowest BCUT2D eigenvalue weighted by Gasteiger charge is -2.60. The minimum absolute atomic E-state index is 0.0541. The first-order valence-corrected chi connectivity index (χ1v) is 13.3. The summed E-state index contributed by atoms with van der Waals surface area (Å²) in [4.78, 5) is 22.7. The Hall–Kier alpha value is -1.84. The van der Waals surface area contributed by atoms with E-state index in [0.717, 1.165) is 25.7 Å². The maximum atomic E-state index is 11.5. The van der Waals surface area contributed by atoms with Crippen LogP contribution in [0, 0.1) is 39.9 Å². The van der Waals surface area contributed by atoms with Crippen LogP contribution in [-0.4, -0.2) is 22.2 Å². The van der Waals surface area contributed by atoms with Crippen molar-refractivity contribution in [3.05, 3.63) is 35.5 Å². The van der Waals surface area contributed by atoms with Crippen LogP contribution in [0.1, 0.15) is 99.3 Å². The number of carboxylic acid groups (broad SMARTS) is 2. The van der Waals surface area contributed by atoms with Crippen molar-refractivity contribution in [1.29, 1.82) is 0 Å². The summed E-state index contributed by atoms with van der Waals surface area (Å²) in [5.41, 5.74) is 3.54. The lowest BCUT2D eigenvalue weighted by molar-refractivity contribution is -0.138. The molecule has 0 amide bonds. The molecule has 0 radical (unpaired) electrons. The van der Waals surface area contributed by atoms with Crippen LogP contribution < -0.4 is 0 Å². The lowest BCUT2D eigenvalue weighted by Crippen LogP contribution is -2.52. The number of carboxylic acids is 2. The SMILES string of the molecule is C=C(C)[C@@H]1CC=C2[C@H](CC[C@@]3(C)[C@H]([C@@H](C)CCC=C(C)C(=O)O)CC[C@]23C)[C@@]1(C)CCC(=O)O.